The van der Waals surface area contributed by atoms with Crippen molar-refractivity contribution >= 4 is 11.2 Å². The monoisotopic (exact) mass is 362 g/mol. The first-order chi connectivity index (χ1) is 13.2. The maximum Gasteiger partial charge on any atom is 0.330 e. The maximum atomic E-state index is 13.0. The third-order valence-corrected chi connectivity index (χ3v) is 4.45. The van der Waals surface area contributed by atoms with Gasteiger partial charge in [0, 0.05) is 6.54 Å². The second-order valence-electron chi connectivity index (χ2n) is 6.22. The van der Waals surface area contributed by atoms with E-state index in [0.29, 0.717) is 17.7 Å². The summed E-state index contributed by atoms with van der Waals surface area (Å²) in [5, 5.41) is 0. The fourth-order valence-corrected chi connectivity index (χ4v) is 3.04. The summed E-state index contributed by atoms with van der Waals surface area (Å²) in [6.07, 6.45) is 1.57. The molecule has 0 radical (unpaired) electrons. The van der Waals surface area contributed by atoms with Crippen LogP contribution in [0.15, 0.2) is 70.5 Å². The standard InChI is InChI=1S/C20H18N4O3/c1-27-16-9-7-15(8-10-16)11-23-13-21-18-17(23)19(25)24(20(26)22-18)12-14-5-3-2-4-6-14/h2-10,13H,11-12H2,1H3,(H,22,26). The molecule has 7 nitrogen and oxygen atoms in total. The molecule has 4 aromatic rings. The molecule has 27 heavy (non-hydrogen) atoms. The minimum Gasteiger partial charge on any atom is -0.497 e. The van der Waals surface area contributed by atoms with Crippen LogP contribution in [0, 0.1) is 0 Å². The van der Waals surface area contributed by atoms with Crippen LogP contribution in [0.5, 0.6) is 5.75 Å². The number of H-pyrrole nitrogens is 1. The highest BCUT2D eigenvalue weighted by Crippen LogP contribution is 2.14. The van der Waals surface area contributed by atoms with Gasteiger partial charge in [-0.25, -0.2) is 9.78 Å². The lowest BCUT2D eigenvalue weighted by molar-refractivity contribution is 0.414. The number of nitrogens with zero attached hydrogens (tertiary/aromatic N) is 3. The van der Waals surface area contributed by atoms with E-state index in [9.17, 15) is 9.59 Å². The normalized spacial score (nSPS) is 11.0. The van der Waals surface area contributed by atoms with Crippen molar-refractivity contribution in [3.63, 3.8) is 0 Å². The molecule has 0 aliphatic carbocycles. The zero-order chi connectivity index (χ0) is 18.8. The number of benzene rings is 2. The van der Waals surface area contributed by atoms with Crippen molar-refractivity contribution < 1.29 is 4.74 Å². The Morgan fingerprint density at radius 1 is 0.963 bits per heavy atom. The van der Waals surface area contributed by atoms with Crippen molar-refractivity contribution in [1.29, 1.82) is 0 Å². The van der Waals surface area contributed by atoms with Gasteiger partial charge in [-0.15, -0.1) is 0 Å². The van der Waals surface area contributed by atoms with Crippen molar-refractivity contribution in [3.05, 3.63) is 92.9 Å². The van der Waals surface area contributed by atoms with Gasteiger partial charge in [-0.1, -0.05) is 42.5 Å². The summed E-state index contributed by atoms with van der Waals surface area (Å²) in [5.74, 6) is 0.767. The Bertz CT molecular complexity index is 1190. The fraction of sp³-hybridized carbons (Fsp3) is 0.150. The van der Waals surface area contributed by atoms with Gasteiger partial charge in [-0.2, -0.15) is 0 Å². The molecular formula is C20H18N4O3. The summed E-state index contributed by atoms with van der Waals surface area (Å²) >= 11 is 0. The smallest absolute Gasteiger partial charge is 0.330 e. The predicted octanol–water partition coefficient (Wildman–Crippen LogP) is 1.99. The molecule has 0 saturated carbocycles. The molecule has 0 fully saturated rings. The second-order valence-corrected chi connectivity index (χ2v) is 6.22. The number of aromatic amines is 1. The van der Waals surface area contributed by atoms with Crippen LogP contribution in [0.4, 0.5) is 0 Å². The van der Waals surface area contributed by atoms with E-state index in [-0.39, 0.29) is 12.1 Å². The third-order valence-electron chi connectivity index (χ3n) is 4.45. The maximum absolute atomic E-state index is 13.0. The van der Waals surface area contributed by atoms with Gasteiger partial charge >= 0.3 is 5.69 Å². The van der Waals surface area contributed by atoms with Crippen LogP contribution in [0.1, 0.15) is 11.1 Å². The Morgan fingerprint density at radius 2 is 1.67 bits per heavy atom. The highest BCUT2D eigenvalue weighted by molar-refractivity contribution is 5.69. The van der Waals surface area contributed by atoms with E-state index in [1.54, 1.807) is 18.0 Å². The van der Waals surface area contributed by atoms with Crippen LogP contribution in [0.2, 0.25) is 0 Å². The average molecular weight is 362 g/mol. The quantitative estimate of drug-likeness (QED) is 0.589. The van der Waals surface area contributed by atoms with Crippen molar-refractivity contribution in [1.82, 2.24) is 19.1 Å². The van der Waals surface area contributed by atoms with Gasteiger partial charge < -0.3 is 9.30 Å². The number of hydrogen-bond acceptors (Lipinski definition) is 4. The molecule has 0 aliphatic rings. The molecular weight excluding hydrogens is 344 g/mol. The van der Waals surface area contributed by atoms with E-state index >= 15 is 0 Å². The molecule has 136 valence electrons. The number of nitrogens with one attached hydrogen (secondary N) is 1. The Balaban J connectivity index is 1.75. The highest BCUT2D eigenvalue weighted by atomic mass is 16.5. The summed E-state index contributed by atoms with van der Waals surface area (Å²) in [7, 11) is 1.62. The Kier molecular flexibility index (Phi) is 4.33. The van der Waals surface area contributed by atoms with E-state index in [0.717, 1.165) is 16.9 Å². The van der Waals surface area contributed by atoms with E-state index in [4.69, 9.17) is 4.74 Å². The van der Waals surface area contributed by atoms with E-state index in [1.807, 2.05) is 54.6 Å². The number of rotatable bonds is 5. The average Bonchev–Trinajstić information content (AvgIpc) is 3.09. The lowest BCUT2D eigenvalue weighted by Gasteiger charge is -2.08. The van der Waals surface area contributed by atoms with E-state index in [1.165, 1.54) is 4.57 Å². The third kappa shape index (κ3) is 3.27. The predicted molar refractivity (Wildman–Crippen MR) is 102 cm³/mol. The molecule has 2 heterocycles. The molecule has 0 amide bonds. The zero-order valence-electron chi connectivity index (χ0n) is 14.8. The van der Waals surface area contributed by atoms with Crippen LogP contribution in [-0.4, -0.2) is 26.2 Å². The largest absolute Gasteiger partial charge is 0.497 e. The minimum absolute atomic E-state index is 0.207. The number of fused-ring (bicyclic) bond motifs is 1. The molecule has 2 aromatic heterocycles. The van der Waals surface area contributed by atoms with E-state index < -0.39 is 5.69 Å². The molecule has 0 spiro atoms. The SMILES string of the molecule is COc1ccc(Cn2cnc3[nH]c(=O)n(Cc4ccccc4)c(=O)c32)cc1. The fourth-order valence-electron chi connectivity index (χ4n) is 3.04. The van der Waals surface area contributed by atoms with Gasteiger partial charge in [0.05, 0.1) is 20.0 Å². The molecule has 0 saturated heterocycles. The van der Waals surface area contributed by atoms with Crippen LogP contribution in [-0.2, 0) is 13.1 Å². The number of ether oxygens (including phenoxy) is 1. The van der Waals surface area contributed by atoms with Crippen molar-refractivity contribution in [3.8, 4) is 5.75 Å². The first kappa shape index (κ1) is 16.8. The molecule has 0 atom stereocenters. The molecule has 0 aliphatic heterocycles. The summed E-state index contributed by atoms with van der Waals surface area (Å²) in [4.78, 5) is 32.2. The molecule has 0 unspecified atom stereocenters. The number of methoxy groups -OCH3 is 1. The van der Waals surface area contributed by atoms with Crippen LogP contribution < -0.4 is 16.0 Å². The van der Waals surface area contributed by atoms with Gasteiger partial charge in [-0.3, -0.25) is 14.3 Å². The summed E-state index contributed by atoms with van der Waals surface area (Å²) in [6, 6.07) is 17.0. The molecule has 2 aromatic carbocycles. The molecule has 4 rings (SSSR count). The topological polar surface area (TPSA) is 81.9 Å². The lowest BCUT2D eigenvalue weighted by atomic mass is 10.2. The Hall–Kier alpha value is -3.61. The van der Waals surface area contributed by atoms with Crippen LogP contribution in [0.3, 0.4) is 0 Å². The second kappa shape index (κ2) is 6.95. The Labute approximate surface area is 154 Å². The number of imidazole rings is 1. The number of hydrogen-bond donors (Lipinski definition) is 1. The summed E-state index contributed by atoms with van der Waals surface area (Å²) in [5.41, 5.74) is 1.72. The van der Waals surface area contributed by atoms with Crippen molar-refractivity contribution in [2.45, 2.75) is 13.1 Å². The van der Waals surface area contributed by atoms with Gasteiger partial charge in [-0.05, 0) is 23.3 Å². The minimum atomic E-state index is -0.467. The summed E-state index contributed by atoms with van der Waals surface area (Å²) in [6.45, 7) is 0.672. The van der Waals surface area contributed by atoms with Crippen LogP contribution >= 0.6 is 0 Å². The molecule has 7 heteroatoms. The van der Waals surface area contributed by atoms with Gasteiger partial charge in [0.25, 0.3) is 5.56 Å². The zero-order valence-corrected chi connectivity index (χ0v) is 14.8. The Morgan fingerprint density at radius 3 is 2.37 bits per heavy atom. The first-order valence-electron chi connectivity index (χ1n) is 8.50. The molecule has 0 bridgehead atoms. The lowest BCUT2D eigenvalue weighted by Crippen LogP contribution is -2.36. The van der Waals surface area contributed by atoms with Gasteiger partial charge in [0.2, 0.25) is 0 Å². The van der Waals surface area contributed by atoms with Crippen molar-refractivity contribution in [2.24, 2.45) is 0 Å². The number of aromatic nitrogens is 4. The molecule has 1 N–H and O–H groups in total. The van der Waals surface area contributed by atoms with Gasteiger partial charge in [0.15, 0.2) is 11.2 Å². The van der Waals surface area contributed by atoms with E-state index in [2.05, 4.69) is 9.97 Å². The van der Waals surface area contributed by atoms with Crippen LogP contribution in [0.25, 0.3) is 11.2 Å². The summed E-state index contributed by atoms with van der Waals surface area (Å²) < 4.78 is 8.11. The van der Waals surface area contributed by atoms with Crippen molar-refractivity contribution in [2.75, 3.05) is 7.11 Å². The first-order valence-corrected chi connectivity index (χ1v) is 8.50. The van der Waals surface area contributed by atoms with Gasteiger partial charge in [0.1, 0.15) is 5.75 Å². The highest BCUT2D eigenvalue weighted by Gasteiger charge is 2.14.